The van der Waals surface area contributed by atoms with Crippen LogP contribution < -0.4 is 5.32 Å². The first-order valence-electron chi connectivity index (χ1n) is 5.83. The van der Waals surface area contributed by atoms with E-state index in [0.29, 0.717) is 5.56 Å². The van der Waals surface area contributed by atoms with E-state index in [4.69, 9.17) is 5.11 Å². The summed E-state index contributed by atoms with van der Waals surface area (Å²) in [5.74, 6) is -0.908. The molecule has 1 atom stereocenters. The third-order valence-electron chi connectivity index (χ3n) is 2.88. The highest BCUT2D eigenvalue weighted by Gasteiger charge is 2.11. The maximum absolute atomic E-state index is 11.0. The Labute approximate surface area is 124 Å². The molecule has 0 aliphatic rings. The molecule has 1 aromatic heterocycles. The molecule has 2 N–H and O–H groups in total. The molecule has 3 nitrogen and oxygen atoms in total. The summed E-state index contributed by atoms with van der Waals surface area (Å²) in [4.78, 5) is 12.2. The van der Waals surface area contributed by atoms with Crippen molar-refractivity contribution in [2.24, 2.45) is 0 Å². The summed E-state index contributed by atoms with van der Waals surface area (Å²) in [5.41, 5.74) is 2.19. The molecule has 0 fully saturated rings. The predicted octanol–water partition coefficient (Wildman–Crippen LogP) is 4.69. The molecule has 0 saturated heterocycles. The van der Waals surface area contributed by atoms with Crippen LogP contribution in [-0.4, -0.2) is 11.1 Å². The highest BCUT2D eigenvalue weighted by molar-refractivity contribution is 9.11. The number of hydrogen-bond donors (Lipinski definition) is 2. The largest absolute Gasteiger partial charge is 0.478 e. The standard InChI is InChI=1S/C14H14BrNO2S/c1-8-3-4-10(14(17)18)7-11(8)16-9(2)12-5-6-13(15)19-12/h3-7,9,16H,1-2H3,(H,17,18). The summed E-state index contributed by atoms with van der Waals surface area (Å²) in [5, 5.41) is 12.4. The number of nitrogens with one attached hydrogen (secondary N) is 1. The van der Waals surface area contributed by atoms with Gasteiger partial charge in [0.1, 0.15) is 0 Å². The summed E-state index contributed by atoms with van der Waals surface area (Å²) < 4.78 is 1.09. The van der Waals surface area contributed by atoms with Crippen LogP contribution in [0.5, 0.6) is 0 Å². The van der Waals surface area contributed by atoms with Gasteiger partial charge >= 0.3 is 5.97 Å². The average Bonchev–Trinajstić information content (AvgIpc) is 2.78. The van der Waals surface area contributed by atoms with Gasteiger partial charge in [0.15, 0.2) is 0 Å². The van der Waals surface area contributed by atoms with E-state index >= 15 is 0 Å². The van der Waals surface area contributed by atoms with E-state index in [1.54, 1.807) is 23.5 Å². The van der Waals surface area contributed by atoms with Gasteiger partial charge in [-0.15, -0.1) is 11.3 Å². The van der Waals surface area contributed by atoms with Gasteiger partial charge in [-0.1, -0.05) is 6.07 Å². The number of aryl methyl sites for hydroxylation is 1. The Morgan fingerprint density at radius 1 is 1.37 bits per heavy atom. The lowest BCUT2D eigenvalue weighted by Crippen LogP contribution is -2.07. The van der Waals surface area contributed by atoms with Crippen LogP contribution in [0.2, 0.25) is 0 Å². The molecular weight excluding hydrogens is 326 g/mol. The Bertz CT molecular complexity index is 609. The van der Waals surface area contributed by atoms with Crippen LogP contribution in [0.4, 0.5) is 5.69 Å². The number of halogens is 1. The van der Waals surface area contributed by atoms with Gasteiger partial charge in [0.05, 0.1) is 15.4 Å². The fourth-order valence-corrected chi connectivity index (χ4v) is 3.20. The maximum Gasteiger partial charge on any atom is 0.335 e. The van der Waals surface area contributed by atoms with Crippen LogP contribution in [-0.2, 0) is 0 Å². The average molecular weight is 340 g/mol. The van der Waals surface area contributed by atoms with Crippen molar-refractivity contribution in [3.63, 3.8) is 0 Å². The number of carboxylic acid groups (broad SMARTS) is 1. The Balaban J connectivity index is 2.22. The van der Waals surface area contributed by atoms with Crippen molar-refractivity contribution in [2.45, 2.75) is 19.9 Å². The smallest absolute Gasteiger partial charge is 0.335 e. The van der Waals surface area contributed by atoms with E-state index < -0.39 is 5.97 Å². The number of carbonyl (C=O) groups is 1. The van der Waals surface area contributed by atoms with E-state index in [9.17, 15) is 4.79 Å². The van der Waals surface area contributed by atoms with Crippen LogP contribution in [0.15, 0.2) is 34.1 Å². The molecule has 0 amide bonds. The lowest BCUT2D eigenvalue weighted by molar-refractivity contribution is 0.0697. The topological polar surface area (TPSA) is 49.3 Å². The number of anilines is 1. The summed E-state index contributed by atoms with van der Waals surface area (Å²) in [6.07, 6.45) is 0. The molecule has 5 heteroatoms. The Morgan fingerprint density at radius 3 is 2.68 bits per heavy atom. The quantitative estimate of drug-likeness (QED) is 0.849. The number of thiophene rings is 1. The van der Waals surface area contributed by atoms with Crippen molar-refractivity contribution in [2.75, 3.05) is 5.32 Å². The minimum Gasteiger partial charge on any atom is -0.478 e. The number of rotatable bonds is 4. The number of hydrogen-bond acceptors (Lipinski definition) is 3. The first-order chi connectivity index (χ1) is 8.97. The van der Waals surface area contributed by atoms with E-state index in [-0.39, 0.29) is 6.04 Å². The highest BCUT2D eigenvalue weighted by Crippen LogP contribution is 2.30. The minimum absolute atomic E-state index is 0.138. The highest BCUT2D eigenvalue weighted by atomic mass is 79.9. The lowest BCUT2D eigenvalue weighted by atomic mass is 10.1. The molecule has 1 aromatic carbocycles. The molecule has 0 aliphatic heterocycles. The molecule has 0 saturated carbocycles. The molecule has 100 valence electrons. The fraction of sp³-hybridized carbons (Fsp3) is 0.214. The van der Waals surface area contributed by atoms with Crippen molar-refractivity contribution < 1.29 is 9.90 Å². The van der Waals surface area contributed by atoms with Gasteiger partial charge in [0.25, 0.3) is 0 Å². The summed E-state index contributed by atoms with van der Waals surface area (Å²) in [7, 11) is 0. The zero-order valence-electron chi connectivity index (χ0n) is 10.6. The second-order valence-corrected chi connectivity index (χ2v) is 6.84. The van der Waals surface area contributed by atoms with Crippen molar-refractivity contribution in [1.82, 2.24) is 0 Å². The molecule has 19 heavy (non-hydrogen) atoms. The normalized spacial score (nSPS) is 12.2. The zero-order chi connectivity index (χ0) is 14.0. The number of benzene rings is 1. The summed E-state index contributed by atoms with van der Waals surface area (Å²) in [6, 6.07) is 9.33. The second-order valence-electron chi connectivity index (χ2n) is 4.34. The first kappa shape index (κ1) is 14.1. The van der Waals surface area contributed by atoms with Crippen molar-refractivity contribution in [3.8, 4) is 0 Å². The van der Waals surface area contributed by atoms with Gasteiger partial charge in [-0.3, -0.25) is 0 Å². The van der Waals surface area contributed by atoms with Crippen molar-refractivity contribution in [1.29, 1.82) is 0 Å². The Kier molecular flexibility index (Phi) is 4.27. The first-order valence-corrected chi connectivity index (χ1v) is 7.44. The fourth-order valence-electron chi connectivity index (χ4n) is 1.78. The van der Waals surface area contributed by atoms with Crippen LogP contribution in [0.25, 0.3) is 0 Å². The van der Waals surface area contributed by atoms with Crippen LogP contribution in [0, 0.1) is 6.92 Å². The number of aromatic carboxylic acids is 1. The summed E-state index contributed by atoms with van der Waals surface area (Å²) in [6.45, 7) is 4.02. The predicted molar refractivity (Wildman–Crippen MR) is 82.2 cm³/mol. The number of carboxylic acids is 1. The van der Waals surface area contributed by atoms with Gasteiger partial charge in [0.2, 0.25) is 0 Å². The van der Waals surface area contributed by atoms with Crippen LogP contribution in [0.1, 0.15) is 33.8 Å². The molecule has 1 unspecified atom stereocenters. The van der Waals surface area contributed by atoms with E-state index in [1.165, 1.54) is 4.88 Å². The monoisotopic (exact) mass is 339 g/mol. The van der Waals surface area contributed by atoms with Crippen LogP contribution in [0.3, 0.4) is 0 Å². The van der Waals surface area contributed by atoms with Crippen molar-refractivity contribution >= 4 is 38.9 Å². The van der Waals surface area contributed by atoms with Gasteiger partial charge < -0.3 is 10.4 Å². The van der Waals surface area contributed by atoms with Crippen molar-refractivity contribution in [3.05, 3.63) is 50.1 Å². The maximum atomic E-state index is 11.0. The van der Waals surface area contributed by atoms with E-state index in [1.807, 2.05) is 19.1 Å². The summed E-state index contributed by atoms with van der Waals surface area (Å²) >= 11 is 5.11. The minimum atomic E-state index is -0.908. The molecule has 2 rings (SSSR count). The molecule has 1 heterocycles. The lowest BCUT2D eigenvalue weighted by Gasteiger charge is -2.16. The van der Waals surface area contributed by atoms with E-state index in [2.05, 4.69) is 34.2 Å². The van der Waals surface area contributed by atoms with Gasteiger partial charge in [-0.2, -0.15) is 0 Å². The molecular formula is C14H14BrNO2S. The second kappa shape index (κ2) is 5.75. The van der Waals surface area contributed by atoms with Crippen LogP contribution >= 0.6 is 27.3 Å². The molecule has 0 spiro atoms. The Morgan fingerprint density at radius 2 is 2.11 bits per heavy atom. The van der Waals surface area contributed by atoms with Gasteiger partial charge in [-0.05, 0) is 59.6 Å². The molecule has 0 radical (unpaired) electrons. The SMILES string of the molecule is Cc1ccc(C(=O)O)cc1NC(C)c1ccc(Br)s1. The third-order valence-corrected chi connectivity index (χ3v) is 4.68. The molecule has 0 bridgehead atoms. The molecule has 0 aliphatic carbocycles. The molecule has 2 aromatic rings. The third kappa shape index (κ3) is 3.36. The van der Waals surface area contributed by atoms with Gasteiger partial charge in [-0.25, -0.2) is 4.79 Å². The Hall–Kier alpha value is -1.33. The van der Waals surface area contributed by atoms with Gasteiger partial charge in [0, 0.05) is 10.6 Å². The zero-order valence-corrected chi connectivity index (χ0v) is 13.0. The van der Waals surface area contributed by atoms with E-state index in [0.717, 1.165) is 15.0 Å².